The Kier molecular flexibility index (Phi) is 4.25. The average Bonchev–Trinajstić information content (AvgIpc) is 2.55. The maximum absolute atomic E-state index is 5.61. The first-order valence-corrected chi connectivity index (χ1v) is 7.00. The van der Waals surface area contributed by atoms with Crippen molar-refractivity contribution in [3.05, 3.63) is 72.3 Å². The molecule has 5 nitrogen and oxygen atoms in total. The average molecular weight is 292 g/mol. The molecule has 110 valence electrons. The zero-order valence-electron chi connectivity index (χ0n) is 12.2. The van der Waals surface area contributed by atoms with Gasteiger partial charge < -0.3 is 10.1 Å². The second kappa shape index (κ2) is 6.67. The third kappa shape index (κ3) is 3.79. The Hall–Kier alpha value is -2.95. The number of hydrogen-bond acceptors (Lipinski definition) is 5. The fourth-order valence-electron chi connectivity index (χ4n) is 1.97. The van der Waals surface area contributed by atoms with Gasteiger partial charge in [0, 0.05) is 24.6 Å². The van der Waals surface area contributed by atoms with E-state index < -0.39 is 0 Å². The second-order valence-electron chi connectivity index (χ2n) is 4.81. The Morgan fingerprint density at radius 3 is 2.64 bits per heavy atom. The first kappa shape index (κ1) is 14.0. The van der Waals surface area contributed by atoms with Gasteiger partial charge in [0.2, 0.25) is 5.88 Å². The van der Waals surface area contributed by atoms with Gasteiger partial charge in [-0.1, -0.05) is 18.2 Å². The Morgan fingerprint density at radius 2 is 1.91 bits per heavy atom. The molecule has 0 saturated carbocycles. The van der Waals surface area contributed by atoms with Gasteiger partial charge in [-0.05, 0) is 36.8 Å². The Morgan fingerprint density at radius 1 is 1.05 bits per heavy atom. The number of aryl methyl sites for hydroxylation is 1. The summed E-state index contributed by atoms with van der Waals surface area (Å²) in [6, 6.07) is 13.8. The minimum absolute atomic E-state index is 0.484. The third-order valence-corrected chi connectivity index (χ3v) is 3.05. The predicted molar refractivity (Wildman–Crippen MR) is 84.8 cm³/mol. The molecule has 0 saturated heterocycles. The molecular formula is C17H16N4O. The highest BCUT2D eigenvalue weighted by Crippen LogP contribution is 2.19. The summed E-state index contributed by atoms with van der Waals surface area (Å²) in [5.74, 6) is 2.09. The summed E-state index contributed by atoms with van der Waals surface area (Å²) in [6.07, 6.45) is 4.79. The van der Waals surface area contributed by atoms with Gasteiger partial charge in [0.05, 0.1) is 6.20 Å². The van der Waals surface area contributed by atoms with E-state index >= 15 is 0 Å². The minimum atomic E-state index is 0.484. The summed E-state index contributed by atoms with van der Waals surface area (Å²) < 4.78 is 5.61. The molecule has 1 aromatic carbocycles. The maximum atomic E-state index is 5.61. The van der Waals surface area contributed by atoms with Crippen LogP contribution < -0.4 is 10.1 Å². The predicted octanol–water partition coefficient (Wildman–Crippen LogP) is 3.58. The SMILES string of the molecule is Cc1cccc(NCc2ccc(Oc3cnccn3)cc2)n1. The van der Waals surface area contributed by atoms with Crippen LogP contribution in [0.2, 0.25) is 0 Å². The van der Waals surface area contributed by atoms with Gasteiger partial charge in [-0.3, -0.25) is 4.98 Å². The Balaban J connectivity index is 1.60. The molecule has 1 N–H and O–H groups in total. The summed E-state index contributed by atoms with van der Waals surface area (Å²) >= 11 is 0. The zero-order chi connectivity index (χ0) is 15.2. The number of nitrogens with one attached hydrogen (secondary N) is 1. The highest BCUT2D eigenvalue weighted by molar-refractivity contribution is 5.37. The van der Waals surface area contributed by atoms with Gasteiger partial charge in [0.15, 0.2) is 0 Å². The smallest absolute Gasteiger partial charge is 0.237 e. The largest absolute Gasteiger partial charge is 0.438 e. The summed E-state index contributed by atoms with van der Waals surface area (Å²) in [5, 5.41) is 3.30. The van der Waals surface area contributed by atoms with Crippen molar-refractivity contribution in [3.8, 4) is 11.6 Å². The van der Waals surface area contributed by atoms with Crippen LogP contribution in [-0.4, -0.2) is 15.0 Å². The van der Waals surface area contributed by atoms with E-state index in [9.17, 15) is 0 Å². The van der Waals surface area contributed by atoms with Gasteiger partial charge in [-0.15, -0.1) is 0 Å². The van der Waals surface area contributed by atoms with Crippen LogP contribution in [0.5, 0.6) is 11.6 Å². The minimum Gasteiger partial charge on any atom is -0.438 e. The van der Waals surface area contributed by atoms with Crippen molar-refractivity contribution in [2.75, 3.05) is 5.32 Å². The number of hydrogen-bond donors (Lipinski definition) is 1. The summed E-state index contributed by atoms with van der Waals surface area (Å²) in [5.41, 5.74) is 2.15. The van der Waals surface area contributed by atoms with Crippen molar-refractivity contribution >= 4 is 5.82 Å². The molecule has 0 atom stereocenters. The molecular weight excluding hydrogens is 276 g/mol. The van der Waals surface area contributed by atoms with Gasteiger partial charge in [-0.2, -0.15) is 0 Å². The Labute approximate surface area is 129 Å². The fraction of sp³-hybridized carbons (Fsp3) is 0.118. The van der Waals surface area contributed by atoms with Crippen LogP contribution in [-0.2, 0) is 6.54 Å². The van der Waals surface area contributed by atoms with E-state index in [0.29, 0.717) is 12.4 Å². The van der Waals surface area contributed by atoms with Crippen molar-refractivity contribution in [2.45, 2.75) is 13.5 Å². The summed E-state index contributed by atoms with van der Waals surface area (Å²) in [6.45, 7) is 2.69. The summed E-state index contributed by atoms with van der Waals surface area (Å²) in [4.78, 5) is 12.5. The van der Waals surface area contributed by atoms with Gasteiger partial charge in [-0.25, -0.2) is 9.97 Å². The van der Waals surface area contributed by atoms with E-state index in [1.165, 1.54) is 0 Å². The molecule has 0 spiro atoms. The standard InChI is InChI=1S/C17H16N4O/c1-13-3-2-4-16(21-13)20-11-14-5-7-15(8-6-14)22-17-12-18-9-10-19-17/h2-10,12H,11H2,1H3,(H,20,21). The maximum Gasteiger partial charge on any atom is 0.237 e. The van der Waals surface area contributed by atoms with Crippen molar-refractivity contribution in [3.63, 3.8) is 0 Å². The lowest BCUT2D eigenvalue weighted by molar-refractivity contribution is 0.460. The molecule has 0 bridgehead atoms. The molecule has 0 aliphatic rings. The molecule has 2 aromatic heterocycles. The Bertz CT molecular complexity index is 729. The lowest BCUT2D eigenvalue weighted by Gasteiger charge is -2.08. The lowest BCUT2D eigenvalue weighted by Crippen LogP contribution is -2.01. The number of anilines is 1. The zero-order valence-corrected chi connectivity index (χ0v) is 12.2. The third-order valence-electron chi connectivity index (χ3n) is 3.05. The molecule has 3 aromatic rings. The van der Waals surface area contributed by atoms with E-state index in [0.717, 1.165) is 22.8 Å². The number of benzene rings is 1. The first-order valence-electron chi connectivity index (χ1n) is 7.00. The first-order chi connectivity index (χ1) is 10.8. The van der Waals surface area contributed by atoms with Gasteiger partial charge in [0.1, 0.15) is 11.6 Å². The van der Waals surface area contributed by atoms with E-state index in [1.807, 2.05) is 49.4 Å². The van der Waals surface area contributed by atoms with E-state index in [2.05, 4.69) is 20.3 Å². The normalized spacial score (nSPS) is 10.2. The van der Waals surface area contributed by atoms with Crippen LogP contribution in [0.4, 0.5) is 5.82 Å². The molecule has 0 amide bonds. The topological polar surface area (TPSA) is 59.9 Å². The second-order valence-corrected chi connectivity index (χ2v) is 4.81. The van der Waals surface area contributed by atoms with Crippen LogP contribution in [0.15, 0.2) is 61.1 Å². The number of ether oxygens (including phenoxy) is 1. The quantitative estimate of drug-likeness (QED) is 0.778. The fourth-order valence-corrected chi connectivity index (χ4v) is 1.97. The van der Waals surface area contributed by atoms with Crippen molar-refractivity contribution in [1.82, 2.24) is 15.0 Å². The number of aromatic nitrogens is 3. The van der Waals surface area contributed by atoms with E-state index in [4.69, 9.17) is 4.74 Å². The van der Waals surface area contributed by atoms with Crippen molar-refractivity contribution in [1.29, 1.82) is 0 Å². The molecule has 3 rings (SSSR count). The summed E-state index contributed by atoms with van der Waals surface area (Å²) in [7, 11) is 0. The monoisotopic (exact) mass is 292 g/mol. The van der Waals surface area contributed by atoms with Crippen molar-refractivity contribution < 1.29 is 4.74 Å². The van der Waals surface area contributed by atoms with Crippen LogP contribution in [0.25, 0.3) is 0 Å². The van der Waals surface area contributed by atoms with Gasteiger partial charge in [0.25, 0.3) is 0 Å². The van der Waals surface area contributed by atoms with E-state index in [-0.39, 0.29) is 0 Å². The highest BCUT2D eigenvalue weighted by Gasteiger charge is 2.00. The molecule has 0 fully saturated rings. The molecule has 0 unspecified atom stereocenters. The van der Waals surface area contributed by atoms with Crippen LogP contribution in [0, 0.1) is 6.92 Å². The van der Waals surface area contributed by atoms with Crippen molar-refractivity contribution in [2.24, 2.45) is 0 Å². The molecule has 0 radical (unpaired) electrons. The molecule has 5 heteroatoms. The van der Waals surface area contributed by atoms with Gasteiger partial charge >= 0.3 is 0 Å². The number of nitrogens with zero attached hydrogens (tertiary/aromatic N) is 3. The number of rotatable bonds is 5. The number of pyridine rings is 1. The molecule has 0 aliphatic heterocycles. The molecule has 22 heavy (non-hydrogen) atoms. The van der Waals surface area contributed by atoms with E-state index in [1.54, 1.807) is 18.6 Å². The van der Waals surface area contributed by atoms with Crippen LogP contribution >= 0.6 is 0 Å². The van der Waals surface area contributed by atoms with Crippen LogP contribution in [0.1, 0.15) is 11.3 Å². The highest BCUT2D eigenvalue weighted by atomic mass is 16.5. The molecule has 0 aliphatic carbocycles. The lowest BCUT2D eigenvalue weighted by atomic mass is 10.2. The molecule has 2 heterocycles. The van der Waals surface area contributed by atoms with Crippen LogP contribution in [0.3, 0.4) is 0 Å².